The summed E-state index contributed by atoms with van der Waals surface area (Å²) in [6, 6.07) is 13.0. The van der Waals surface area contributed by atoms with E-state index in [1.54, 1.807) is 30.3 Å². The van der Waals surface area contributed by atoms with Crippen molar-refractivity contribution in [2.24, 2.45) is 5.10 Å². The third-order valence-corrected chi connectivity index (χ3v) is 4.99. The summed E-state index contributed by atoms with van der Waals surface area (Å²) in [4.78, 5) is 22.5. The fourth-order valence-corrected chi connectivity index (χ4v) is 3.12. The van der Waals surface area contributed by atoms with Gasteiger partial charge >= 0.3 is 5.69 Å². The van der Waals surface area contributed by atoms with Gasteiger partial charge in [-0.05, 0) is 17.7 Å². The summed E-state index contributed by atoms with van der Waals surface area (Å²) in [6.45, 7) is -0.380. The maximum Gasteiger partial charge on any atom is 0.311 e. The molecule has 0 aliphatic carbocycles. The second-order valence-electron chi connectivity index (χ2n) is 6.00. The van der Waals surface area contributed by atoms with Crippen LogP contribution in [-0.2, 0) is 21.4 Å². The van der Waals surface area contributed by atoms with E-state index >= 15 is 0 Å². The normalized spacial score (nSPS) is 11.6. The van der Waals surface area contributed by atoms with Crippen molar-refractivity contribution in [2.75, 3.05) is 19.9 Å². The molecule has 29 heavy (non-hydrogen) atoms. The zero-order valence-corrected chi connectivity index (χ0v) is 16.6. The maximum absolute atomic E-state index is 12.1. The second-order valence-corrected chi connectivity index (χ2v) is 7.98. The van der Waals surface area contributed by atoms with Crippen LogP contribution in [0.4, 0.5) is 5.69 Å². The molecule has 0 aliphatic heterocycles. The molecule has 10 nitrogen and oxygen atoms in total. The predicted octanol–water partition coefficient (Wildman–Crippen LogP) is 1.52. The number of rotatable bonds is 9. The molecular weight excluding hydrogens is 400 g/mol. The Hall–Kier alpha value is -3.31. The molecule has 2 rings (SSSR count). The van der Waals surface area contributed by atoms with Crippen LogP contribution in [0.2, 0.25) is 0 Å². The van der Waals surface area contributed by atoms with Gasteiger partial charge in [-0.3, -0.25) is 14.9 Å². The predicted molar refractivity (Wildman–Crippen MR) is 107 cm³/mol. The summed E-state index contributed by atoms with van der Waals surface area (Å²) in [5, 5.41) is 14.8. The SMILES string of the molecule is COc1ccc(/C=N\NC(=O)CN(Cc2ccccc2)S(C)(=O)=O)cc1[N+](=O)[O-]. The molecule has 0 aliphatic rings. The number of hydrazone groups is 1. The lowest BCUT2D eigenvalue weighted by Gasteiger charge is -2.18. The van der Waals surface area contributed by atoms with Gasteiger partial charge in [0.2, 0.25) is 10.0 Å². The first-order valence-corrected chi connectivity index (χ1v) is 10.2. The molecule has 0 spiro atoms. The van der Waals surface area contributed by atoms with E-state index in [0.717, 1.165) is 16.1 Å². The van der Waals surface area contributed by atoms with Crippen molar-refractivity contribution in [3.8, 4) is 5.75 Å². The van der Waals surface area contributed by atoms with E-state index in [1.165, 1.54) is 31.5 Å². The largest absolute Gasteiger partial charge is 0.490 e. The van der Waals surface area contributed by atoms with Crippen LogP contribution in [0.1, 0.15) is 11.1 Å². The van der Waals surface area contributed by atoms with Crippen molar-refractivity contribution in [3.63, 3.8) is 0 Å². The summed E-state index contributed by atoms with van der Waals surface area (Å²) in [7, 11) is -2.31. The summed E-state index contributed by atoms with van der Waals surface area (Å²) in [5.74, 6) is -0.550. The van der Waals surface area contributed by atoms with E-state index in [1.807, 2.05) is 0 Å². The Bertz CT molecular complexity index is 1010. The van der Waals surface area contributed by atoms with Crippen LogP contribution in [0, 0.1) is 10.1 Å². The highest BCUT2D eigenvalue weighted by molar-refractivity contribution is 7.88. The number of methoxy groups -OCH3 is 1. The van der Waals surface area contributed by atoms with Gasteiger partial charge in [0.1, 0.15) is 0 Å². The fraction of sp³-hybridized carbons (Fsp3) is 0.222. The van der Waals surface area contributed by atoms with E-state index in [9.17, 15) is 23.3 Å². The van der Waals surface area contributed by atoms with E-state index in [0.29, 0.717) is 5.56 Å². The molecule has 0 fully saturated rings. The molecule has 0 aromatic heterocycles. The van der Waals surface area contributed by atoms with Crippen LogP contribution in [0.25, 0.3) is 0 Å². The summed E-state index contributed by atoms with van der Waals surface area (Å²) < 4.78 is 29.8. The number of nitrogens with one attached hydrogen (secondary N) is 1. The van der Waals surface area contributed by atoms with Gasteiger partial charge in [0.05, 0.1) is 31.0 Å². The van der Waals surface area contributed by atoms with Crippen LogP contribution in [0.5, 0.6) is 5.75 Å². The monoisotopic (exact) mass is 420 g/mol. The number of carbonyl (C=O) groups excluding carboxylic acids is 1. The Labute approximate surface area is 168 Å². The molecule has 0 saturated heterocycles. The number of amides is 1. The number of nitrogens with zero attached hydrogens (tertiary/aromatic N) is 3. The van der Waals surface area contributed by atoms with Gasteiger partial charge in [-0.2, -0.15) is 9.41 Å². The molecule has 0 heterocycles. The van der Waals surface area contributed by atoms with Crippen LogP contribution >= 0.6 is 0 Å². The van der Waals surface area contributed by atoms with Crippen LogP contribution in [-0.4, -0.2) is 49.7 Å². The van der Waals surface area contributed by atoms with Crippen molar-refractivity contribution >= 4 is 27.8 Å². The van der Waals surface area contributed by atoms with Crippen LogP contribution in [0.15, 0.2) is 53.6 Å². The van der Waals surface area contributed by atoms with Gasteiger partial charge in [0.25, 0.3) is 5.91 Å². The highest BCUT2D eigenvalue weighted by atomic mass is 32.2. The van der Waals surface area contributed by atoms with Gasteiger partial charge < -0.3 is 4.74 Å². The molecule has 1 N–H and O–H groups in total. The van der Waals surface area contributed by atoms with E-state index in [-0.39, 0.29) is 18.0 Å². The van der Waals surface area contributed by atoms with E-state index < -0.39 is 27.4 Å². The zero-order valence-electron chi connectivity index (χ0n) is 15.8. The molecule has 2 aromatic carbocycles. The lowest BCUT2D eigenvalue weighted by molar-refractivity contribution is -0.385. The van der Waals surface area contributed by atoms with E-state index in [4.69, 9.17) is 4.74 Å². The number of hydrogen-bond acceptors (Lipinski definition) is 7. The van der Waals surface area contributed by atoms with E-state index in [2.05, 4.69) is 10.5 Å². The molecule has 0 bridgehead atoms. The fourth-order valence-electron chi connectivity index (χ4n) is 2.38. The maximum atomic E-state index is 12.1. The Balaban J connectivity index is 2.03. The average Bonchev–Trinajstić information content (AvgIpc) is 2.67. The first-order chi connectivity index (χ1) is 13.7. The molecule has 0 unspecified atom stereocenters. The zero-order chi connectivity index (χ0) is 21.4. The molecule has 1 amide bonds. The molecule has 0 atom stereocenters. The Morgan fingerprint density at radius 3 is 2.55 bits per heavy atom. The average molecular weight is 420 g/mol. The third-order valence-electron chi connectivity index (χ3n) is 3.79. The Morgan fingerprint density at radius 2 is 1.97 bits per heavy atom. The highest BCUT2D eigenvalue weighted by Gasteiger charge is 2.20. The number of ether oxygens (including phenoxy) is 1. The first-order valence-electron chi connectivity index (χ1n) is 8.34. The Morgan fingerprint density at radius 1 is 1.28 bits per heavy atom. The molecule has 11 heteroatoms. The van der Waals surface area contributed by atoms with Crippen LogP contribution < -0.4 is 10.2 Å². The minimum absolute atomic E-state index is 0.0431. The van der Waals surface area contributed by atoms with Gasteiger partial charge in [-0.15, -0.1) is 0 Å². The first kappa shape index (κ1) is 22.0. The van der Waals surface area contributed by atoms with Crippen LogP contribution in [0.3, 0.4) is 0 Å². The minimum Gasteiger partial charge on any atom is -0.490 e. The number of sulfonamides is 1. The summed E-state index contributed by atoms with van der Waals surface area (Å²) in [6.07, 6.45) is 2.23. The second kappa shape index (κ2) is 9.75. The topological polar surface area (TPSA) is 131 Å². The van der Waals surface area contributed by atoms with Crippen molar-refractivity contribution in [3.05, 3.63) is 69.8 Å². The molecule has 2 aromatic rings. The number of nitro groups is 1. The Kier molecular flexibility index (Phi) is 7.39. The molecule has 0 saturated carbocycles. The lowest BCUT2D eigenvalue weighted by atomic mass is 10.2. The number of benzene rings is 2. The molecule has 154 valence electrons. The van der Waals surface area contributed by atoms with Gasteiger partial charge in [0, 0.05) is 18.2 Å². The molecular formula is C18H20N4O6S. The number of nitro benzene ring substituents is 1. The van der Waals surface area contributed by atoms with Gasteiger partial charge in [0.15, 0.2) is 5.75 Å². The summed E-state index contributed by atoms with van der Waals surface area (Å²) >= 11 is 0. The third kappa shape index (κ3) is 6.66. The van der Waals surface area contributed by atoms with Crippen molar-refractivity contribution < 1.29 is 22.9 Å². The van der Waals surface area contributed by atoms with Gasteiger partial charge in [-0.25, -0.2) is 13.8 Å². The summed E-state index contributed by atoms with van der Waals surface area (Å²) in [5.41, 5.74) is 3.08. The smallest absolute Gasteiger partial charge is 0.311 e. The highest BCUT2D eigenvalue weighted by Crippen LogP contribution is 2.26. The van der Waals surface area contributed by atoms with Gasteiger partial charge in [-0.1, -0.05) is 30.3 Å². The number of carbonyl (C=O) groups is 1. The number of hydrogen-bond donors (Lipinski definition) is 1. The van der Waals surface area contributed by atoms with Crippen molar-refractivity contribution in [1.29, 1.82) is 0 Å². The standard InChI is InChI=1S/C18H20N4O6S/c1-28-17-9-8-15(10-16(17)22(24)25)11-19-20-18(23)13-21(29(2,26)27)12-14-6-4-3-5-7-14/h3-11H,12-13H2,1-2H3,(H,20,23)/b19-11-. The molecule has 0 radical (unpaired) electrons. The minimum atomic E-state index is -3.63. The lowest BCUT2D eigenvalue weighted by Crippen LogP contribution is -2.38. The quantitative estimate of drug-likeness (QED) is 0.372. The van der Waals surface area contributed by atoms with Crippen molar-refractivity contribution in [2.45, 2.75) is 6.54 Å². The van der Waals surface area contributed by atoms with Crippen molar-refractivity contribution in [1.82, 2.24) is 9.73 Å².